The van der Waals surface area contributed by atoms with Crippen LogP contribution in [0.1, 0.15) is 28.5 Å². The Morgan fingerprint density at radius 2 is 1.97 bits per heavy atom. The Labute approximate surface area is 171 Å². The fourth-order valence-electron chi connectivity index (χ4n) is 3.04. The van der Waals surface area contributed by atoms with Crippen molar-refractivity contribution in [2.75, 3.05) is 11.9 Å². The smallest absolute Gasteiger partial charge is 0.339 e. The van der Waals surface area contributed by atoms with E-state index < -0.39 is 18.5 Å². The third kappa shape index (κ3) is 3.93. The largest absolute Gasteiger partial charge is 0.463 e. The lowest BCUT2D eigenvalue weighted by atomic mass is 10.1. The van der Waals surface area contributed by atoms with E-state index in [1.807, 2.05) is 12.1 Å². The molecule has 0 unspecified atom stereocenters. The molecule has 8 heteroatoms. The maximum Gasteiger partial charge on any atom is 0.339 e. The minimum absolute atomic E-state index is 0.189. The van der Waals surface area contributed by atoms with Gasteiger partial charge in [-0.15, -0.1) is 0 Å². The Morgan fingerprint density at radius 3 is 2.67 bits per heavy atom. The number of carbonyl (C=O) groups excluding carboxylic acids is 2. The number of aryl methyl sites for hydroxylation is 2. The fraction of sp³-hybridized carbons (Fsp3) is 0.182. The van der Waals surface area contributed by atoms with Gasteiger partial charge in [0, 0.05) is 5.69 Å². The zero-order valence-electron chi connectivity index (χ0n) is 16.5. The van der Waals surface area contributed by atoms with Gasteiger partial charge in [-0.25, -0.2) is 9.78 Å². The maximum absolute atomic E-state index is 12.7. The molecule has 0 spiro atoms. The van der Waals surface area contributed by atoms with E-state index in [4.69, 9.17) is 13.7 Å². The van der Waals surface area contributed by atoms with Gasteiger partial charge in [0.1, 0.15) is 5.69 Å². The molecular weight excluding hydrogens is 386 g/mol. The topological polar surface area (TPSA) is 107 Å². The first-order valence-corrected chi connectivity index (χ1v) is 9.42. The number of esters is 1. The Kier molecular flexibility index (Phi) is 5.30. The van der Waals surface area contributed by atoms with Crippen molar-refractivity contribution in [2.24, 2.45) is 0 Å². The highest BCUT2D eigenvalue weighted by atomic mass is 16.5. The number of carbonyl (C=O) groups is 2. The molecule has 0 aliphatic rings. The van der Waals surface area contributed by atoms with Crippen LogP contribution in [0, 0.1) is 6.92 Å². The second-order valence-electron chi connectivity index (χ2n) is 6.66. The number of benzene rings is 1. The van der Waals surface area contributed by atoms with Crippen LogP contribution in [0.3, 0.4) is 0 Å². The summed E-state index contributed by atoms with van der Waals surface area (Å²) in [6.07, 6.45) is 2.41. The van der Waals surface area contributed by atoms with Crippen LogP contribution in [0.25, 0.3) is 22.6 Å². The lowest BCUT2D eigenvalue weighted by Crippen LogP contribution is -2.21. The number of ether oxygens (including phenoxy) is 1. The van der Waals surface area contributed by atoms with Gasteiger partial charge in [-0.1, -0.05) is 24.2 Å². The van der Waals surface area contributed by atoms with Crippen LogP contribution in [0.4, 0.5) is 5.69 Å². The molecule has 0 fully saturated rings. The molecule has 1 N–H and O–H groups in total. The van der Waals surface area contributed by atoms with E-state index in [1.165, 1.54) is 12.3 Å². The van der Waals surface area contributed by atoms with E-state index in [1.54, 1.807) is 31.2 Å². The first-order valence-electron chi connectivity index (χ1n) is 9.42. The highest BCUT2D eigenvalue weighted by Crippen LogP contribution is 2.27. The molecule has 1 aromatic carbocycles. The summed E-state index contributed by atoms with van der Waals surface area (Å²) in [6.45, 7) is 3.32. The first kappa shape index (κ1) is 19.4. The molecule has 152 valence electrons. The van der Waals surface area contributed by atoms with Crippen molar-refractivity contribution in [2.45, 2.75) is 20.3 Å². The molecule has 8 nitrogen and oxygen atoms in total. The number of hydrogen-bond acceptors (Lipinski definition) is 7. The first-order chi connectivity index (χ1) is 14.5. The minimum atomic E-state index is -0.682. The highest BCUT2D eigenvalue weighted by Gasteiger charge is 2.22. The van der Waals surface area contributed by atoms with Gasteiger partial charge in [-0.3, -0.25) is 4.79 Å². The van der Waals surface area contributed by atoms with E-state index in [0.717, 1.165) is 12.0 Å². The second kappa shape index (κ2) is 8.20. The zero-order valence-corrected chi connectivity index (χ0v) is 16.5. The average Bonchev–Trinajstić information content (AvgIpc) is 3.42. The zero-order chi connectivity index (χ0) is 21.1. The molecule has 0 saturated heterocycles. The number of nitrogens with zero attached hydrogens (tertiary/aromatic N) is 2. The summed E-state index contributed by atoms with van der Waals surface area (Å²) < 4.78 is 15.8. The summed E-state index contributed by atoms with van der Waals surface area (Å²) in [4.78, 5) is 29.3. The van der Waals surface area contributed by atoms with Crippen molar-refractivity contribution < 1.29 is 23.3 Å². The van der Waals surface area contributed by atoms with Gasteiger partial charge in [-0.05, 0) is 49.2 Å². The Balaban J connectivity index is 1.51. The Bertz CT molecular complexity index is 1190. The summed E-state index contributed by atoms with van der Waals surface area (Å²) >= 11 is 0. The van der Waals surface area contributed by atoms with Crippen LogP contribution in [-0.2, 0) is 16.0 Å². The van der Waals surface area contributed by atoms with Gasteiger partial charge < -0.3 is 19.0 Å². The molecule has 1 amide bonds. The third-order valence-electron chi connectivity index (χ3n) is 4.59. The number of rotatable bonds is 6. The van der Waals surface area contributed by atoms with Crippen LogP contribution in [-0.4, -0.2) is 28.6 Å². The van der Waals surface area contributed by atoms with Crippen LogP contribution >= 0.6 is 0 Å². The van der Waals surface area contributed by atoms with Gasteiger partial charge in [0.25, 0.3) is 11.6 Å². The van der Waals surface area contributed by atoms with Crippen LogP contribution in [0.15, 0.2) is 57.7 Å². The molecule has 0 aliphatic heterocycles. The molecule has 0 atom stereocenters. The normalized spacial score (nSPS) is 10.9. The summed E-state index contributed by atoms with van der Waals surface area (Å²) in [5.74, 6) is -0.655. The molecule has 0 bridgehead atoms. The van der Waals surface area contributed by atoms with Gasteiger partial charge in [0.05, 0.1) is 22.9 Å². The number of amides is 1. The quantitative estimate of drug-likeness (QED) is 0.480. The standard InChI is InChI=1S/C22H19N3O5/c1-3-14-6-8-15(9-7-14)23-19(26)12-29-22(27)16-11-17(18-5-4-10-28-18)24-21-20(16)13(2)25-30-21/h4-11H,3,12H2,1-2H3,(H,23,26). The third-order valence-corrected chi connectivity index (χ3v) is 4.59. The van der Waals surface area contributed by atoms with Crippen molar-refractivity contribution in [1.82, 2.24) is 10.1 Å². The molecule has 0 radical (unpaired) electrons. The number of nitrogens with one attached hydrogen (secondary N) is 1. The maximum atomic E-state index is 12.7. The van der Waals surface area contributed by atoms with Gasteiger partial charge >= 0.3 is 5.97 Å². The molecule has 3 aromatic heterocycles. The number of fused-ring (bicyclic) bond motifs is 1. The lowest BCUT2D eigenvalue weighted by Gasteiger charge is -2.08. The molecule has 0 aliphatic carbocycles. The summed E-state index contributed by atoms with van der Waals surface area (Å²) in [5, 5.41) is 7.01. The van der Waals surface area contributed by atoms with Crippen molar-refractivity contribution in [3.05, 3.63) is 65.5 Å². The molecular formula is C22H19N3O5. The van der Waals surface area contributed by atoms with E-state index >= 15 is 0 Å². The van der Waals surface area contributed by atoms with E-state index in [2.05, 4.69) is 22.4 Å². The predicted octanol–water partition coefficient (Wildman–Crippen LogP) is 4.15. The number of anilines is 1. The molecule has 4 aromatic rings. The van der Waals surface area contributed by atoms with Crippen LogP contribution < -0.4 is 5.32 Å². The van der Waals surface area contributed by atoms with Crippen LogP contribution in [0.2, 0.25) is 0 Å². The highest BCUT2D eigenvalue weighted by molar-refractivity contribution is 6.05. The molecule has 3 heterocycles. The van der Waals surface area contributed by atoms with Crippen LogP contribution in [0.5, 0.6) is 0 Å². The monoisotopic (exact) mass is 405 g/mol. The van der Waals surface area contributed by atoms with Crippen molar-refractivity contribution in [3.8, 4) is 11.5 Å². The van der Waals surface area contributed by atoms with E-state index in [-0.39, 0.29) is 11.3 Å². The number of furan rings is 1. The lowest BCUT2D eigenvalue weighted by molar-refractivity contribution is -0.119. The average molecular weight is 405 g/mol. The number of pyridine rings is 1. The SMILES string of the molecule is CCc1ccc(NC(=O)COC(=O)c2cc(-c3ccco3)nc3onc(C)c23)cc1. The summed E-state index contributed by atoms with van der Waals surface area (Å²) in [5.41, 5.74) is 3.08. The van der Waals surface area contributed by atoms with Crippen molar-refractivity contribution in [3.63, 3.8) is 0 Å². The van der Waals surface area contributed by atoms with E-state index in [0.29, 0.717) is 28.2 Å². The van der Waals surface area contributed by atoms with Gasteiger partial charge in [0.15, 0.2) is 12.4 Å². The minimum Gasteiger partial charge on any atom is -0.463 e. The molecule has 4 rings (SSSR count). The predicted molar refractivity (Wildman–Crippen MR) is 109 cm³/mol. The second-order valence-corrected chi connectivity index (χ2v) is 6.66. The molecule has 30 heavy (non-hydrogen) atoms. The molecule has 0 saturated carbocycles. The number of hydrogen-bond donors (Lipinski definition) is 1. The number of aromatic nitrogens is 2. The van der Waals surface area contributed by atoms with Gasteiger partial charge in [0.2, 0.25) is 0 Å². The van der Waals surface area contributed by atoms with Crippen molar-refractivity contribution >= 4 is 28.7 Å². The van der Waals surface area contributed by atoms with Crippen molar-refractivity contribution in [1.29, 1.82) is 0 Å². The fourth-order valence-corrected chi connectivity index (χ4v) is 3.04. The summed E-state index contributed by atoms with van der Waals surface area (Å²) in [6, 6.07) is 12.4. The van der Waals surface area contributed by atoms with Gasteiger partial charge in [-0.2, -0.15) is 0 Å². The Morgan fingerprint density at radius 1 is 1.17 bits per heavy atom. The summed E-state index contributed by atoms with van der Waals surface area (Å²) in [7, 11) is 0. The van der Waals surface area contributed by atoms with E-state index in [9.17, 15) is 9.59 Å². The Hall–Kier alpha value is -3.94.